The Labute approximate surface area is 163 Å². The number of carbonyl (C=O) groups is 1. The molecule has 0 bridgehead atoms. The third-order valence-electron chi connectivity index (χ3n) is 3.87. The standard InChI is InChI=1S/C18H18BrN3O3S/c1-10-4-5-14(12(19)8-10)25-11(2)18(24)22(3)9-15-20-13-6-7-26-16(13)17(23)21-15/h4-8,11H,9H2,1-3H3,(H,20,21,23). The summed E-state index contributed by atoms with van der Waals surface area (Å²) in [7, 11) is 1.66. The zero-order valence-corrected chi connectivity index (χ0v) is 17.0. The number of benzene rings is 1. The number of likely N-dealkylation sites (N-methyl/N-ethyl adjacent to an activating group) is 1. The van der Waals surface area contributed by atoms with Crippen molar-refractivity contribution in [3.63, 3.8) is 0 Å². The number of halogens is 1. The van der Waals surface area contributed by atoms with E-state index >= 15 is 0 Å². The summed E-state index contributed by atoms with van der Waals surface area (Å²) in [5, 5.41) is 1.82. The number of H-pyrrole nitrogens is 1. The van der Waals surface area contributed by atoms with E-state index in [1.165, 1.54) is 16.2 Å². The Kier molecular flexibility index (Phi) is 5.43. The second-order valence-corrected chi connectivity index (χ2v) is 7.81. The fourth-order valence-electron chi connectivity index (χ4n) is 2.55. The minimum atomic E-state index is -0.671. The average Bonchev–Trinajstić information content (AvgIpc) is 3.05. The lowest BCUT2D eigenvalue weighted by Crippen LogP contribution is -2.38. The number of carbonyl (C=O) groups excluding carboxylic acids is 1. The van der Waals surface area contributed by atoms with Crippen molar-refractivity contribution in [1.29, 1.82) is 0 Å². The van der Waals surface area contributed by atoms with Crippen LogP contribution in [0, 0.1) is 6.92 Å². The molecule has 26 heavy (non-hydrogen) atoms. The van der Waals surface area contributed by atoms with Crippen molar-refractivity contribution in [1.82, 2.24) is 14.9 Å². The molecule has 1 N–H and O–H groups in total. The Bertz CT molecular complexity index is 1010. The van der Waals surface area contributed by atoms with Gasteiger partial charge in [-0.25, -0.2) is 4.98 Å². The summed E-state index contributed by atoms with van der Waals surface area (Å²) < 4.78 is 7.16. The molecule has 0 aliphatic rings. The number of nitrogens with zero attached hydrogens (tertiary/aromatic N) is 2. The van der Waals surface area contributed by atoms with Crippen molar-refractivity contribution in [2.24, 2.45) is 0 Å². The number of fused-ring (bicyclic) bond motifs is 1. The van der Waals surface area contributed by atoms with Gasteiger partial charge in [0.1, 0.15) is 16.3 Å². The lowest BCUT2D eigenvalue weighted by molar-refractivity contribution is -0.137. The first-order chi connectivity index (χ1) is 12.3. The van der Waals surface area contributed by atoms with Crippen LogP contribution >= 0.6 is 27.3 Å². The van der Waals surface area contributed by atoms with Crippen LogP contribution in [-0.4, -0.2) is 33.9 Å². The Morgan fingerprint density at radius 2 is 2.19 bits per heavy atom. The van der Waals surface area contributed by atoms with Gasteiger partial charge >= 0.3 is 0 Å². The molecule has 2 heterocycles. The largest absolute Gasteiger partial charge is 0.480 e. The molecule has 0 radical (unpaired) electrons. The van der Waals surface area contributed by atoms with Gasteiger partial charge in [-0.15, -0.1) is 11.3 Å². The fraction of sp³-hybridized carbons (Fsp3) is 0.278. The minimum Gasteiger partial charge on any atom is -0.480 e. The van der Waals surface area contributed by atoms with Crippen molar-refractivity contribution in [3.05, 3.63) is 55.9 Å². The van der Waals surface area contributed by atoms with Crippen LogP contribution in [0.3, 0.4) is 0 Å². The third-order valence-corrected chi connectivity index (χ3v) is 5.39. The number of aromatic nitrogens is 2. The van der Waals surface area contributed by atoms with Crippen molar-refractivity contribution >= 4 is 43.4 Å². The molecule has 0 saturated carbocycles. The molecule has 6 nitrogen and oxygen atoms in total. The van der Waals surface area contributed by atoms with Crippen LogP contribution in [0.15, 0.2) is 38.9 Å². The molecule has 8 heteroatoms. The van der Waals surface area contributed by atoms with Gasteiger partial charge in [-0.3, -0.25) is 9.59 Å². The quantitative estimate of drug-likeness (QED) is 0.665. The number of thiophene rings is 1. The summed E-state index contributed by atoms with van der Waals surface area (Å²) in [5.74, 6) is 0.849. The Balaban J connectivity index is 1.70. The number of amides is 1. The molecule has 1 atom stereocenters. The summed E-state index contributed by atoms with van der Waals surface area (Å²) in [5.41, 5.74) is 1.55. The number of aromatic amines is 1. The van der Waals surface area contributed by atoms with Gasteiger partial charge in [0, 0.05) is 7.05 Å². The van der Waals surface area contributed by atoms with Crippen molar-refractivity contribution in [3.8, 4) is 5.75 Å². The molecule has 0 aliphatic carbocycles. The average molecular weight is 436 g/mol. The molecular weight excluding hydrogens is 418 g/mol. The zero-order chi connectivity index (χ0) is 18.8. The van der Waals surface area contributed by atoms with Gasteiger partial charge in [0.2, 0.25) is 0 Å². The molecule has 1 aromatic carbocycles. The number of aryl methyl sites for hydroxylation is 1. The van der Waals surface area contributed by atoms with E-state index in [1.54, 1.807) is 20.0 Å². The van der Waals surface area contributed by atoms with E-state index in [0.29, 0.717) is 21.8 Å². The van der Waals surface area contributed by atoms with Gasteiger partial charge in [-0.2, -0.15) is 0 Å². The highest BCUT2D eigenvalue weighted by Gasteiger charge is 2.21. The van der Waals surface area contributed by atoms with Gasteiger partial charge in [0.25, 0.3) is 11.5 Å². The molecular formula is C18H18BrN3O3S. The summed E-state index contributed by atoms with van der Waals surface area (Å²) in [4.78, 5) is 33.2. The second kappa shape index (κ2) is 7.59. The molecule has 3 aromatic rings. The number of hydrogen-bond donors (Lipinski definition) is 1. The topological polar surface area (TPSA) is 75.3 Å². The molecule has 0 spiro atoms. The Morgan fingerprint density at radius 1 is 1.42 bits per heavy atom. The molecule has 3 rings (SSSR count). The van der Waals surface area contributed by atoms with E-state index in [0.717, 1.165) is 10.0 Å². The maximum absolute atomic E-state index is 12.6. The van der Waals surface area contributed by atoms with Crippen LogP contribution in [0.4, 0.5) is 0 Å². The predicted molar refractivity (Wildman–Crippen MR) is 106 cm³/mol. The zero-order valence-electron chi connectivity index (χ0n) is 14.6. The molecule has 0 aliphatic heterocycles. The van der Waals surface area contributed by atoms with Crippen molar-refractivity contribution < 1.29 is 9.53 Å². The highest BCUT2D eigenvalue weighted by molar-refractivity contribution is 9.10. The van der Waals surface area contributed by atoms with Crippen LogP contribution in [-0.2, 0) is 11.3 Å². The van der Waals surface area contributed by atoms with Crippen molar-refractivity contribution in [2.45, 2.75) is 26.5 Å². The first-order valence-electron chi connectivity index (χ1n) is 7.99. The van der Waals surface area contributed by atoms with Crippen LogP contribution in [0.5, 0.6) is 5.75 Å². The molecule has 0 fully saturated rings. The number of nitrogens with one attached hydrogen (secondary N) is 1. The van der Waals surface area contributed by atoms with Gasteiger partial charge in [-0.05, 0) is 58.9 Å². The van der Waals surface area contributed by atoms with Gasteiger partial charge in [0.05, 0.1) is 16.5 Å². The third kappa shape index (κ3) is 3.96. The van der Waals surface area contributed by atoms with Gasteiger partial charge in [0.15, 0.2) is 6.10 Å². The van der Waals surface area contributed by atoms with E-state index in [-0.39, 0.29) is 18.0 Å². The summed E-state index contributed by atoms with van der Waals surface area (Å²) in [6, 6.07) is 7.47. The minimum absolute atomic E-state index is 0.186. The van der Waals surface area contributed by atoms with Gasteiger partial charge in [-0.1, -0.05) is 6.07 Å². The summed E-state index contributed by atoms with van der Waals surface area (Å²) in [6.45, 7) is 3.88. The van der Waals surface area contributed by atoms with Crippen LogP contribution < -0.4 is 10.3 Å². The highest BCUT2D eigenvalue weighted by Crippen LogP contribution is 2.27. The molecule has 2 aromatic heterocycles. The van der Waals surface area contributed by atoms with E-state index in [4.69, 9.17) is 4.74 Å². The first-order valence-corrected chi connectivity index (χ1v) is 9.66. The molecule has 136 valence electrons. The van der Waals surface area contributed by atoms with Crippen LogP contribution in [0.25, 0.3) is 10.2 Å². The number of ether oxygens (including phenoxy) is 1. The smallest absolute Gasteiger partial charge is 0.268 e. The maximum atomic E-state index is 12.6. The van der Waals surface area contributed by atoms with Crippen molar-refractivity contribution in [2.75, 3.05) is 7.05 Å². The monoisotopic (exact) mass is 435 g/mol. The fourth-order valence-corrected chi connectivity index (χ4v) is 3.86. The molecule has 1 unspecified atom stereocenters. The first kappa shape index (κ1) is 18.6. The highest BCUT2D eigenvalue weighted by atomic mass is 79.9. The summed E-state index contributed by atoms with van der Waals surface area (Å²) >= 11 is 4.79. The predicted octanol–water partition coefficient (Wildman–Crippen LogP) is 3.48. The van der Waals surface area contributed by atoms with E-state index in [9.17, 15) is 9.59 Å². The van der Waals surface area contributed by atoms with E-state index in [1.807, 2.05) is 30.5 Å². The molecule has 1 amide bonds. The Morgan fingerprint density at radius 3 is 2.92 bits per heavy atom. The molecule has 0 saturated heterocycles. The van der Waals surface area contributed by atoms with Crippen LogP contribution in [0.2, 0.25) is 0 Å². The number of rotatable bonds is 5. The maximum Gasteiger partial charge on any atom is 0.268 e. The summed E-state index contributed by atoms with van der Waals surface area (Å²) in [6.07, 6.45) is -0.671. The van der Waals surface area contributed by atoms with Crippen LogP contribution in [0.1, 0.15) is 18.3 Å². The normalized spacial score (nSPS) is 12.2. The lowest BCUT2D eigenvalue weighted by Gasteiger charge is -2.22. The van der Waals surface area contributed by atoms with E-state index < -0.39 is 6.10 Å². The van der Waals surface area contributed by atoms with E-state index in [2.05, 4.69) is 25.9 Å². The van der Waals surface area contributed by atoms with Gasteiger partial charge < -0.3 is 14.6 Å². The Hall–Kier alpha value is -2.19. The number of hydrogen-bond acceptors (Lipinski definition) is 5. The second-order valence-electron chi connectivity index (χ2n) is 6.04. The lowest BCUT2D eigenvalue weighted by atomic mass is 10.2. The SMILES string of the molecule is Cc1ccc(OC(C)C(=O)N(C)Cc2nc3ccsc3c(=O)[nH]2)c(Br)c1.